The Labute approximate surface area is 465 Å². The van der Waals surface area contributed by atoms with E-state index in [1.807, 2.05) is 10.6 Å². The number of nitrogens with one attached hydrogen (secondary N) is 9. The van der Waals surface area contributed by atoms with Crippen molar-refractivity contribution in [1.29, 1.82) is 0 Å². The number of hydrogen-bond acceptors (Lipinski definition) is 19. The van der Waals surface area contributed by atoms with Crippen molar-refractivity contribution in [3.63, 3.8) is 0 Å². The van der Waals surface area contributed by atoms with Crippen LogP contribution in [0.1, 0.15) is 85.5 Å². The van der Waals surface area contributed by atoms with Crippen LogP contribution in [0, 0.1) is 0 Å². The lowest BCUT2D eigenvalue weighted by Crippen LogP contribution is -2.54. The van der Waals surface area contributed by atoms with Crippen molar-refractivity contribution in [2.45, 2.75) is 116 Å². The van der Waals surface area contributed by atoms with Gasteiger partial charge in [-0.25, -0.2) is 14.4 Å². The molecule has 0 aromatic heterocycles. The fourth-order valence-electron chi connectivity index (χ4n) is 6.23. The lowest BCUT2D eigenvalue weighted by Gasteiger charge is -2.20. The quantitative estimate of drug-likeness (QED) is 0.0269. The summed E-state index contributed by atoms with van der Waals surface area (Å²) in [7, 11) is 0. The molecule has 0 bridgehead atoms. The summed E-state index contributed by atoms with van der Waals surface area (Å²) in [5.74, 6) is -7.35. The molecule has 0 aromatic carbocycles. The van der Waals surface area contributed by atoms with Gasteiger partial charge in [0.2, 0.25) is 41.4 Å². The zero-order valence-electron chi connectivity index (χ0n) is 46.5. The smallest absolute Gasteiger partial charge is 0.326 e. The second-order valence-corrected chi connectivity index (χ2v) is 17.5. The fourth-order valence-corrected chi connectivity index (χ4v) is 6.23. The van der Waals surface area contributed by atoms with Gasteiger partial charge in [-0.05, 0) is 53.4 Å². The number of carboxylic acid groups (broad SMARTS) is 3. The summed E-state index contributed by atoms with van der Waals surface area (Å²) in [5.41, 5.74) is 0. The minimum Gasteiger partial charge on any atom is -0.481 e. The molecule has 0 aromatic rings. The summed E-state index contributed by atoms with van der Waals surface area (Å²) in [6.07, 6.45) is 0.584. The second kappa shape index (κ2) is 48.5. The lowest BCUT2D eigenvalue weighted by atomic mass is 10.1. The molecule has 0 spiro atoms. The van der Waals surface area contributed by atoms with Crippen LogP contribution in [0.15, 0.2) is 0 Å². The van der Waals surface area contributed by atoms with Crippen molar-refractivity contribution in [3.05, 3.63) is 0 Å². The molecular formula is C49H87N9O22. The Morgan fingerprint density at radius 3 is 1.21 bits per heavy atom. The van der Waals surface area contributed by atoms with Gasteiger partial charge in [-0.1, -0.05) is 6.42 Å². The van der Waals surface area contributed by atoms with E-state index < -0.39 is 97.2 Å². The Kier molecular flexibility index (Phi) is 44.7. The third kappa shape index (κ3) is 43.5. The summed E-state index contributed by atoms with van der Waals surface area (Å²) >= 11 is 0. The Morgan fingerprint density at radius 2 is 0.762 bits per heavy atom. The number of urea groups is 1. The molecule has 5 atom stereocenters. The molecule has 31 heteroatoms. The van der Waals surface area contributed by atoms with Crippen molar-refractivity contribution in [1.82, 2.24) is 47.9 Å². The van der Waals surface area contributed by atoms with Gasteiger partial charge in [-0.2, -0.15) is 0 Å². The normalized spacial score (nSPS) is 12.8. The first-order chi connectivity index (χ1) is 38.3. The number of amides is 9. The molecule has 0 heterocycles. The minimum absolute atomic E-state index is 0.146. The number of rotatable bonds is 52. The van der Waals surface area contributed by atoms with Crippen LogP contribution in [-0.4, -0.2) is 243 Å². The highest BCUT2D eigenvalue weighted by molar-refractivity contribution is 5.94. The Balaban J connectivity index is 3.60. The van der Waals surface area contributed by atoms with Crippen LogP contribution in [-0.2, 0) is 85.8 Å². The largest absolute Gasteiger partial charge is 0.481 e. The van der Waals surface area contributed by atoms with Crippen LogP contribution in [0.5, 0.6) is 0 Å². The summed E-state index contributed by atoms with van der Waals surface area (Å²) < 4.78 is 43.6. The van der Waals surface area contributed by atoms with E-state index in [0.29, 0.717) is 118 Å². The molecule has 0 saturated heterocycles. The maximum Gasteiger partial charge on any atom is 0.326 e. The van der Waals surface area contributed by atoms with Crippen molar-refractivity contribution in [2.75, 3.05) is 132 Å². The van der Waals surface area contributed by atoms with Crippen molar-refractivity contribution >= 4 is 65.3 Å². The SMILES string of the molecule is CCNC(=O)C(C)NC(=O)C(C)NC(=O)C(C)NC(=O)CCCCCNC(=O)CCOCCOCCOCCOCCOCCOCCOCCOCCNC(=O)CNC(=O)CCC(NC(=O)NC(CCC(=O)O)C(=O)O)C(=O)O. The van der Waals surface area contributed by atoms with Gasteiger partial charge >= 0.3 is 23.9 Å². The van der Waals surface area contributed by atoms with Gasteiger partial charge in [0.1, 0.15) is 30.2 Å². The lowest BCUT2D eigenvalue weighted by molar-refractivity contribution is -0.141. The molecule has 0 fully saturated rings. The molecule has 0 aliphatic rings. The number of carbonyl (C=O) groups excluding carboxylic acids is 8. The first kappa shape index (κ1) is 73.6. The van der Waals surface area contributed by atoms with Crippen LogP contribution in [0.2, 0.25) is 0 Å². The first-order valence-electron chi connectivity index (χ1n) is 26.6. The van der Waals surface area contributed by atoms with Gasteiger partial charge in [0.15, 0.2) is 0 Å². The van der Waals surface area contributed by atoms with E-state index in [-0.39, 0.29) is 69.8 Å². The van der Waals surface area contributed by atoms with E-state index in [1.165, 1.54) is 20.8 Å². The number of aliphatic carboxylic acids is 3. The molecule has 0 aliphatic carbocycles. The average molecular weight is 1150 g/mol. The third-order valence-corrected chi connectivity index (χ3v) is 10.6. The van der Waals surface area contributed by atoms with Crippen LogP contribution < -0.4 is 47.9 Å². The number of unbranched alkanes of at least 4 members (excludes halogenated alkanes) is 2. The molecule has 0 rings (SSSR count). The Morgan fingerprint density at radius 1 is 0.362 bits per heavy atom. The maximum atomic E-state index is 12.4. The van der Waals surface area contributed by atoms with Gasteiger partial charge in [0.25, 0.3) is 0 Å². The summed E-state index contributed by atoms with van der Waals surface area (Å²) in [4.78, 5) is 131. The molecule has 0 saturated carbocycles. The second-order valence-electron chi connectivity index (χ2n) is 17.5. The molecule has 460 valence electrons. The highest BCUT2D eigenvalue weighted by atomic mass is 16.6. The topological polar surface area (TPSA) is 431 Å². The summed E-state index contributed by atoms with van der Waals surface area (Å²) in [6, 6.07) is -6.86. The number of hydrogen-bond donors (Lipinski definition) is 12. The van der Waals surface area contributed by atoms with Crippen LogP contribution in [0.25, 0.3) is 0 Å². The molecule has 0 aliphatic heterocycles. The number of carboxylic acids is 3. The minimum atomic E-state index is -1.58. The monoisotopic (exact) mass is 1150 g/mol. The van der Waals surface area contributed by atoms with Gasteiger partial charge in [0.05, 0.1) is 112 Å². The standard InChI is InChI=1S/C49H87N9O22/c1-5-50-44(65)34(2)55-46(67)36(4)56-45(66)35(3)54-41(61)9-7-6-8-15-51-40(60)14-17-73-19-21-75-23-25-77-27-29-79-31-32-80-30-28-78-26-24-76-22-20-74-18-16-52-42(62)33-53-39(59)12-10-37(47(68)69)57-49(72)58-38(48(70)71)11-13-43(63)64/h34-38H,5-33H2,1-4H3,(H,50,65)(H,51,60)(H,52,62)(H,53,59)(H,54,61)(H,55,67)(H,56,66)(H,63,64)(H,68,69)(H,70,71)(H2,57,58,72). The van der Waals surface area contributed by atoms with E-state index >= 15 is 0 Å². The zero-order valence-corrected chi connectivity index (χ0v) is 46.5. The first-order valence-corrected chi connectivity index (χ1v) is 26.6. The fraction of sp³-hybridized carbons (Fsp3) is 0.776. The van der Waals surface area contributed by atoms with Crippen molar-refractivity contribution in [3.8, 4) is 0 Å². The van der Waals surface area contributed by atoms with E-state index in [1.54, 1.807) is 6.92 Å². The predicted molar refractivity (Wildman–Crippen MR) is 281 cm³/mol. The molecule has 12 N–H and O–H groups in total. The van der Waals surface area contributed by atoms with Crippen molar-refractivity contribution in [2.24, 2.45) is 0 Å². The number of ether oxygens (including phenoxy) is 8. The van der Waals surface area contributed by atoms with E-state index in [9.17, 15) is 57.8 Å². The van der Waals surface area contributed by atoms with E-state index in [4.69, 9.17) is 48.1 Å². The molecule has 9 amide bonds. The third-order valence-electron chi connectivity index (χ3n) is 10.6. The molecule has 80 heavy (non-hydrogen) atoms. The predicted octanol–water partition coefficient (Wildman–Crippen LogP) is -3.08. The van der Waals surface area contributed by atoms with Gasteiger partial charge in [0, 0.05) is 45.3 Å². The highest BCUT2D eigenvalue weighted by Gasteiger charge is 2.26. The molecule has 0 radical (unpaired) electrons. The Hall–Kier alpha value is -6.35. The molecule has 31 nitrogen and oxygen atoms in total. The van der Waals surface area contributed by atoms with E-state index in [0.717, 1.165) is 0 Å². The molecule has 5 unspecified atom stereocenters. The number of carbonyl (C=O) groups is 11. The van der Waals surface area contributed by atoms with Crippen LogP contribution in [0.3, 0.4) is 0 Å². The molecular weight excluding hydrogens is 1070 g/mol. The maximum absolute atomic E-state index is 12.4. The van der Waals surface area contributed by atoms with Gasteiger partial charge in [-0.15, -0.1) is 0 Å². The Bertz CT molecular complexity index is 1840. The summed E-state index contributed by atoms with van der Waals surface area (Å²) in [5, 5.41) is 49.1. The summed E-state index contributed by atoms with van der Waals surface area (Å²) in [6.45, 7) is 12.3. The van der Waals surface area contributed by atoms with Crippen molar-refractivity contribution < 1.29 is 106 Å². The highest BCUT2D eigenvalue weighted by Crippen LogP contribution is 2.03. The van der Waals surface area contributed by atoms with Crippen LogP contribution in [0.4, 0.5) is 4.79 Å². The zero-order chi connectivity index (χ0) is 59.8. The number of likely N-dealkylation sites (N-methyl/N-ethyl adjacent to an activating group) is 1. The van der Waals surface area contributed by atoms with Gasteiger partial charge in [-0.3, -0.25) is 38.4 Å². The van der Waals surface area contributed by atoms with Crippen LogP contribution >= 0.6 is 0 Å². The van der Waals surface area contributed by atoms with Gasteiger partial charge < -0.3 is 101 Å². The van der Waals surface area contributed by atoms with E-state index in [2.05, 4.69) is 37.2 Å². The average Bonchev–Trinajstić information content (AvgIpc) is 3.40.